The fourth-order valence-electron chi connectivity index (χ4n) is 4.70. The van der Waals surface area contributed by atoms with E-state index in [2.05, 4.69) is 5.32 Å². The molecule has 0 aliphatic carbocycles. The van der Waals surface area contributed by atoms with Gasteiger partial charge >= 0.3 is 0 Å². The van der Waals surface area contributed by atoms with E-state index < -0.39 is 28.5 Å². The second kappa shape index (κ2) is 14.2. The fraction of sp³-hybridized carbons (Fsp3) is 0.212. The number of hydrogen-bond donors (Lipinski definition) is 1. The maximum absolute atomic E-state index is 14.4. The van der Waals surface area contributed by atoms with Crippen molar-refractivity contribution in [2.75, 3.05) is 17.4 Å². The van der Waals surface area contributed by atoms with Crippen LogP contribution in [0.15, 0.2) is 114 Å². The van der Waals surface area contributed by atoms with Gasteiger partial charge in [0.15, 0.2) is 0 Å². The molecule has 0 bridgehead atoms. The van der Waals surface area contributed by atoms with Crippen LogP contribution in [0, 0.1) is 6.92 Å². The predicted octanol–water partition coefficient (Wildman–Crippen LogP) is 5.62. The van der Waals surface area contributed by atoms with Crippen LogP contribution >= 0.6 is 11.6 Å². The summed E-state index contributed by atoms with van der Waals surface area (Å²) in [6, 6.07) is 30.5. The summed E-state index contributed by atoms with van der Waals surface area (Å²) in [6.07, 6.45) is 0.257. The standard InChI is InChI=1S/C33H34ClN3O4S/c1-3-35-33(39)31(21-26-14-6-4-7-15-26)36(23-27-16-11-10-13-25(27)2)32(38)24-37(29-18-12-17-28(34)22-29)42(40,41)30-19-8-5-9-20-30/h4-20,22,31H,3,21,23-24H2,1-2H3,(H,35,39). The monoisotopic (exact) mass is 603 g/mol. The maximum atomic E-state index is 14.4. The number of nitrogens with zero attached hydrogens (tertiary/aromatic N) is 2. The number of carbonyl (C=O) groups excluding carboxylic acids is 2. The molecule has 0 heterocycles. The number of hydrogen-bond acceptors (Lipinski definition) is 4. The molecule has 4 rings (SSSR count). The Morgan fingerprint density at radius 1 is 0.857 bits per heavy atom. The van der Waals surface area contributed by atoms with Gasteiger partial charge in [0.25, 0.3) is 10.0 Å². The molecule has 0 aromatic heterocycles. The normalized spacial score (nSPS) is 11.9. The average Bonchev–Trinajstić information content (AvgIpc) is 2.99. The third-order valence-electron chi connectivity index (χ3n) is 6.93. The Labute approximate surface area is 252 Å². The Hall–Kier alpha value is -4.14. The number of amides is 2. The molecular formula is C33H34ClN3O4S. The van der Waals surface area contributed by atoms with Gasteiger partial charge in [0.05, 0.1) is 10.6 Å². The van der Waals surface area contributed by atoms with Gasteiger partial charge in [0.1, 0.15) is 12.6 Å². The summed E-state index contributed by atoms with van der Waals surface area (Å²) in [6.45, 7) is 3.73. The summed E-state index contributed by atoms with van der Waals surface area (Å²) in [5.41, 5.74) is 2.93. The highest BCUT2D eigenvalue weighted by Crippen LogP contribution is 2.27. The number of halogens is 1. The van der Waals surface area contributed by atoms with Crippen LogP contribution in [-0.4, -0.2) is 44.3 Å². The highest BCUT2D eigenvalue weighted by Gasteiger charge is 2.34. The third-order valence-corrected chi connectivity index (χ3v) is 8.95. The quantitative estimate of drug-likeness (QED) is 0.228. The Bertz CT molecular complexity index is 1610. The van der Waals surface area contributed by atoms with Gasteiger partial charge in [-0.15, -0.1) is 0 Å². The van der Waals surface area contributed by atoms with E-state index in [1.165, 1.54) is 23.1 Å². The van der Waals surface area contributed by atoms with E-state index in [1.807, 2.05) is 68.4 Å². The van der Waals surface area contributed by atoms with Crippen molar-refractivity contribution in [1.29, 1.82) is 0 Å². The zero-order valence-corrected chi connectivity index (χ0v) is 25.2. The highest BCUT2D eigenvalue weighted by atomic mass is 35.5. The molecule has 2 amide bonds. The molecular weight excluding hydrogens is 570 g/mol. The Morgan fingerprint density at radius 2 is 1.50 bits per heavy atom. The van der Waals surface area contributed by atoms with Gasteiger partial charge in [-0.05, 0) is 60.9 Å². The zero-order valence-electron chi connectivity index (χ0n) is 23.6. The number of carbonyl (C=O) groups is 2. The fourth-order valence-corrected chi connectivity index (χ4v) is 6.31. The minimum Gasteiger partial charge on any atom is -0.355 e. The summed E-state index contributed by atoms with van der Waals surface area (Å²) in [5.74, 6) is -0.839. The van der Waals surface area contributed by atoms with Crippen LogP contribution in [0.1, 0.15) is 23.6 Å². The molecule has 0 radical (unpaired) electrons. The van der Waals surface area contributed by atoms with Crippen molar-refractivity contribution in [3.63, 3.8) is 0 Å². The van der Waals surface area contributed by atoms with Crippen molar-refractivity contribution >= 4 is 39.1 Å². The highest BCUT2D eigenvalue weighted by molar-refractivity contribution is 7.92. The van der Waals surface area contributed by atoms with Crippen molar-refractivity contribution in [2.45, 2.75) is 37.8 Å². The van der Waals surface area contributed by atoms with Crippen molar-refractivity contribution in [3.05, 3.63) is 131 Å². The number of likely N-dealkylation sites (N-methyl/N-ethyl adjacent to an activating group) is 1. The molecule has 0 saturated carbocycles. The van der Waals surface area contributed by atoms with E-state index in [4.69, 9.17) is 11.6 Å². The summed E-state index contributed by atoms with van der Waals surface area (Å²) >= 11 is 6.26. The molecule has 0 aliphatic rings. The Morgan fingerprint density at radius 3 is 2.14 bits per heavy atom. The van der Waals surface area contributed by atoms with E-state index in [0.717, 1.165) is 21.0 Å². The smallest absolute Gasteiger partial charge is 0.264 e. The SMILES string of the molecule is CCNC(=O)C(Cc1ccccc1)N(Cc1ccccc1C)C(=O)CN(c1cccc(Cl)c1)S(=O)(=O)c1ccccc1. The largest absolute Gasteiger partial charge is 0.355 e. The molecule has 0 spiro atoms. The summed E-state index contributed by atoms with van der Waals surface area (Å²) in [5, 5.41) is 3.20. The Balaban J connectivity index is 1.80. The van der Waals surface area contributed by atoms with Gasteiger partial charge in [-0.1, -0.05) is 90.5 Å². The first-order valence-electron chi connectivity index (χ1n) is 13.7. The van der Waals surface area contributed by atoms with Crippen molar-refractivity contribution < 1.29 is 18.0 Å². The number of rotatable bonds is 12. The van der Waals surface area contributed by atoms with Crippen molar-refractivity contribution in [2.24, 2.45) is 0 Å². The Kier molecular flexibility index (Phi) is 10.4. The first-order valence-corrected chi connectivity index (χ1v) is 15.5. The number of anilines is 1. The second-order valence-corrected chi connectivity index (χ2v) is 12.2. The van der Waals surface area contributed by atoms with Crippen molar-refractivity contribution in [3.8, 4) is 0 Å². The number of nitrogens with one attached hydrogen (secondary N) is 1. The van der Waals surface area contributed by atoms with Crippen LogP contribution in [-0.2, 0) is 32.6 Å². The molecule has 0 saturated heterocycles. The maximum Gasteiger partial charge on any atom is 0.264 e. The van der Waals surface area contributed by atoms with E-state index in [-0.39, 0.29) is 29.5 Å². The predicted molar refractivity (Wildman–Crippen MR) is 167 cm³/mol. The molecule has 0 fully saturated rings. The van der Waals surface area contributed by atoms with Crippen molar-refractivity contribution in [1.82, 2.24) is 10.2 Å². The zero-order chi connectivity index (χ0) is 30.1. The van der Waals surface area contributed by atoms with E-state index in [9.17, 15) is 18.0 Å². The lowest BCUT2D eigenvalue weighted by molar-refractivity contribution is -0.140. The summed E-state index contributed by atoms with van der Waals surface area (Å²) in [7, 11) is -4.17. The van der Waals surface area contributed by atoms with Gasteiger partial charge in [-0.3, -0.25) is 13.9 Å². The molecule has 1 unspecified atom stereocenters. The van der Waals surface area contributed by atoms with Gasteiger partial charge in [0.2, 0.25) is 11.8 Å². The van der Waals surface area contributed by atoms with Crippen LogP contribution in [0.25, 0.3) is 0 Å². The van der Waals surface area contributed by atoms with Gasteiger partial charge in [0, 0.05) is 24.5 Å². The lowest BCUT2D eigenvalue weighted by Gasteiger charge is -2.34. The first-order chi connectivity index (χ1) is 20.2. The van der Waals surface area contributed by atoms with Crippen LogP contribution in [0.3, 0.4) is 0 Å². The molecule has 218 valence electrons. The molecule has 4 aromatic carbocycles. The average molecular weight is 604 g/mol. The number of sulfonamides is 1. The van der Waals surface area contributed by atoms with Gasteiger partial charge in [-0.25, -0.2) is 8.42 Å². The summed E-state index contributed by atoms with van der Waals surface area (Å²) < 4.78 is 28.9. The second-order valence-electron chi connectivity index (χ2n) is 9.85. The van der Waals surface area contributed by atoms with E-state index in [0.29, 0.717) is 11.6 Å². The topological polar surface area (TPSA) is 86.8 Å². The van der Waals surface area contributed by atoms with Crippen LogP contribution in [0.5, 0.6) is 0 Å². The molecule has 7 nitrogen and oxygen atoms in total. The molecule has 1 atom stereocenters. The molecule has 42 heavy (non-hydrogen) atoms. The number of benzene rings is 4. The van der Waals surface area contributed by atoms with Gasteiger partial charge in [-0.2, -0.15) is 0 Å². The van der Waals surface area contributed by atoms with Gasteiger partial charge < -0.3 is 10.2 Å². The lowest BCUT2D eigenvalue weighted by Crippen LogP contribution is -2.53. The molecule has 4 aromatic rings. The number of aryl methyl sites for hydroxylation is 1. The third kappa shape index (κ3) is 7.57. The van der Waals surface area contributed by atoms with Crippen LogP contribution in [0.4, 0.5) is 5.69 Å². The molecule has 1 N–H and O–H groups in total. The lowest BCUT2D eigenvalue weighted by atomic mass is 10.0. The first kappa shape index (κ1) is 30.8. The molecule has 0 aliphatic heterocycles. The minimum atomic E-state index is -4.17. The molecule has 9 heteroatoms. The van der Waals surface area contributed by atoms with E-state index >= 15 is 0 Å². The minimum absolute atomic E-state index is 0.0350. The van der Waals surface area contributed by atoms with E-state index in [1.54, 1.807) is 36.4 Å². The van der Waals surface area contributed by atoms with Crippen LogP contribution < -0.4 is 9.62 Å². The van der Waals surface area contributed by atoms with Crippen LogP contribution in [0.2, 0.25) is 5.02 Å². The summed E-state index contributed by atoms with van der Waals surface area (Å²) in [4.78, 5) is 29.4.